The highest BCUT2D eigenvalue weighted by molar-refractivity contribution is 5.83. The molecule has 1 unspecified atom stereocenters. The van der Waals surface area contributed by atoms with Gasteiger partial charge < -0.3 is 16.4 Å². The van der Waals surface area contributed by atoms with Crippen molar-refractivity contribution in [2.24, 2.45) is 0 Å². The highest BCUT2D eigenvalue weighted by Crippen LogP contribution is 2.11. The van der Waals surface area contributed by atoms with Crippen LogP contribution in [-0.2, 0) is 16.0 Å². The number of carbonyl (C=O) groups excluding carboxylic acids is 2. The van der Waals surface area contributed by atoms with Gasteiger partial charge in [-0.3, -0.25) is 9.59 Å². The molecule has 0 radical (unpaired) electrons. The van der Waals surface area contributed by atoms with Crippen LogP contribution in [0.1, 0.15) is 12.0 Å². The molecule has 0 spiro atoms. The molecule has 4 N–H and O–H groups in total. The monoisotopic (exact) mass is 233 g/mol. The molecule has 17 heavy (non-hydrogen) atoms. The van der Waals surface area contributed by atoms with Gasteiger partial charge >= 0.3 is 0 Å². The number of para-hydroxylation sites is 1. The van der Waals surface area contributed by atoms with E-state index in [0.29, 0.717) is 18.7 Å². The Morgan fingerprint density at radius 1 is 1.47 bits per heavy atom. The summed E-state index contributed by atoms with van der Waals surface area (Å²) >= 11 is 0. The van der Waals surface area contributed by atoms with Crippen LogP contribution < -0.4 is 16.4 Å². The Labute approximate surface area is 99.4 Å². The van der Waals surface area contributed by atoms with Crippen molar-refractivity contribution in [3.63, 3.8) is 0 Å². The third kappa shape index (κ3) is 2.96. The molecule has 1 fully saturated rings. The second-order valence-electron chi connectivity index (χ2n) is 4.15. The average molecular weight is 233 g/mol. The molecule has 1 aromatic rings. The summed E-state index contributed by atoms with van der Waals surface area (Å²) in [4.78, 5) is 22.7. The minimum absolute atomic E-state index is 0.0190. The summed E-state index contributed by atoms with van der Waals surface area (Å²) in [5.74, 6) is -0.126. The van der Waals surface area contributed by atoms with Crippen LogP contribution in [0.3, 0.4) is 0 Å². The molecule has 1 aliphatic rings. The molecular formula is C12H15N3O2. The smallest absolute Gasteiger partial charge is 0.224 e. The largest absolute Gasteiger partial charge is 0.398 e. The Bertz CT molecular complexity index is 445. The van der Waals surface area contributed by atoms with Gasteiger partial charge in [-0.2, -0.15) is 0 Å². The standard InChI is InChI=1S/C12H15N3O2/c13-10-4-2-1-3-8(10)5-12(17)15-9-6-11(16)14-7-9/h1-4,9H,5-7,13H2,(H,14,16)(H,15,17). The highest BCUT2D eigenvalue weighted by atomic mass is 16.2. The van der Waals surface area contributed by atoms with Crippen molar-refractivity contribution in [3.8, 4) is 0 Å². The number of hydrogen-bond donors (Lipinski definition) is 3. The minimum atomic E-state index is -0.107. The van der Waals surface area contributed by atoms with E-state index in [1.54, 1.807) is 6.07 Å². The molecule has 5 heteroatoms. The Kier molecular flexibility index (Phi) is 3.27. The highest BCUT2D eigenvalue weighted by Gasteiger charge is 2.22. The third-order valence-electron chi connectivity index (χ3n) is 2.75. The van der Waals surface area contributed by atoms with E-state index in [9.17, 15) is 9.59 Å². The maximum atomic E-state index is 11.7. The van der Waals surface area contributed by atoms with Gasteiger partial charge in [0, 0.05) is 18.7 Å². The fraction of sp³-hybridized carbons (Fsp3) is 0.333. The van der Waals surface area contributed by atoms with Crippen LogP contribution in [0.25, 0.3) is 0 Å². The molecule has 0 bridgehead atoms. The lowest BCUT2D eigenvalue weighted by atomic mass is 10.1. The molecule has 0 aliphatic carbocycles. The zero-order chi connectivity index (χ0) is 12.3. The number of rotatable bonds is 3. The molecule has 5 nitrogen and oxygen atoms in total. The van der Waals surface area contributed by atoms with Gasteiger partial charge in [-0.15, -0.1) is 0 Å². The SMILES string of the molecule is Nc1ccccc1CC(=O)NC1CNC(=O)C1. The normalized spacial score (nSPS) is 18.8. The van der Waals surface area contributed by atoms with Gasteiger partial charge in [-0.25, -0.2) is 0 Å². The van der Waals surface area contributed by atoms with Crippen LogP contribution in [-0.4, -0.2) is 24.4 Å². The van der Waals surface area contributed by atoms with Crippen molar-refractivity contribution in [2.45, 2.75) is 18.9 Å². The number of nitrogens with two attached hydrogens (primary N) is 1. The maximum Gasteiger partial charge on any atom is 0.224 e. The lowest BCUT2D eigenvalue weighted by Gasteiger charge is -2.11. The molecular weight excluding hydrogens is 218 g/mol. The summed E-state index contributed by atoms with van der Waals surface area (Å²) < 4.78 is 0. The van der Waals surface area contributed by atoms with Crippen LogP contribution in [0.4, 0.5) is 5.69 Å². The third-order valence-corrected chi connectivity index (χ3v) is 2.75. The Morgan fingerprint density at radius 3 is 2.88 bits per heavy atom. The maximum absolute atomic E-state index is 11.7. The van der Waals surface area contributed by atoms with Gasteiger partial charge in [-0.05, 0) is 11.6 Å². The summed E-state index contributed by atoms with van der Waals surface area (Å²) in [5, 5.41) is 5.48. The quantitative estimate of drug-likeness (QED) is 0.633. The molecule has 90 valence electrons. The molecule has 1 atom stereocenters. The van der Waals surface area contributed by atoms with Crippen LogP contribution in [0.5, 0.6) is 0 Å². The first-order valence-corrected chi connectivity index (χ1v) is 5.54. The molecule has 2 rings (SSSR count). The van der Waals surface area contributed by atoms with Crippen LogP contribution in [0.15, 0.2) is 24.3 Å². The second kappa shape index (κ2) is 4.86. The van der Waals surface area contributed by atoms with Gasteiger partial charge in [0.1, 0.15) is 0 Å². The molecule has 0 saturated carbocycles. The van der Waals surface area contributed by atoms with Crippen molar-refractivity contribution in [3.05, 3.63) is 29.8 Å². The molecule has 2 amide bonds. The van der Waals surface area contributed by atoms with E-state index < -0.39 is 0 Å². The Morgan fingerprint density at radius 2 is 2.24 bits per heavy atom. The number of hydrogen-bond acceptors (Lipinski definition) is 3. The molecule has 1 aliphatic heterocycles. The number of anilines is 1. The Hall–Kier alpha value is -2.04. The lowest BCUT2D eigenvalue weighted by Crippen LogP contribution is -2.37. The van der Waals surface area contributed by atoms with E-state index in [2.05, 4.69) is 10.6 Å². The first-order valence-electron chi connectivity index (χ1n) is 5.54. The van der Waals surface area contributed by atoms with Crippen molar-refractivity contribution in [2.75, 3.05) is 12.3 Å². The predicted octanol–water partition coefficient (Wildman–Crippen LogP) is -0.184. The van der Waals surface area contributed by atoms with Gasteiger partial charge in [0.15, 0.2) is 0 Å². The summed E-state index contributed by atoms with van der Waals surface area (Å²) in [6, 6.07) is 7.17. The number of benzene rings is 1. The molecule has 0 aromatic heterocycles. The van der Waals surface area contributed by atoms with Crippen molar-refractivity contribution >= 4 is 17.5 Å². The minimum Gasteiger partial charge on any atom is -0.398 e. The molecule has 1 heterocycles. The Balaban J connectivity index is 1.89. The van der Waals surface area contributed by atoms with E-state index in [1.165, 1.54) is 0 Å². The predicted molar refractivity (Wildman–Crippen MR) is 64.1 cm³/mol. The summed E-state index contributed by atoms with van der Waals surface area (Å²) in [5.41, 5.74) is 7.17. The summed E-state index contributed by atoms with van der Waals surface area (Å²) in [6.07, 6.45) is 0.605. The van der Waals surface area contributed by atoms with Gasteiger partial charge in [0.25, 0.3) is 0 Å². The van der Waals surface area contributed by atoms with E-state index >= 15 is 0 Å². The van der Waals surface area contributed by atoms with E-state index in [-0.39, 0.29) is 24.3 Å². The summed E-state index contributed by atoms with van der Waals surface area (Å²) in [6.45, 7) is 0.509. The fourth-order valence-electron chi connectivity index (χ4n) is 1.85. The first kappa shape index (κ1) is 11.4. The van der Waals surface area contributed by atoms with Gasteiger partial charge in [-0.1, -0.05) is 18.2 Å². The molecule has 1 aromatic carbocycles. The van der Waals surface area contributed by atoms with E-state index in [0.717, 1.165) is 5.56 Å². The van der Waals surface area contributed by atoms with Crippen LogP contribution in [0.2, 0.25) is 0 Å². The zero-order valence-electron chi connectivity index (χ0n) is 9.40. The number of amides is 2. The van der Waals surface area contributed by atoms with E-state index in [4.69, 9.17) is 5.73 Å². The van der Waals surface area contributed by atoms with Crippen molar-refractivity contribution in [1.29, 1.82) is 0 Å². The fourth-order valence-corrected chi connectivity index (χ4v) is 1.85. The topological polar surface area (TPSA) is 84.2 Å². The van der Waals surface area contributed by atoms with Crippen LogP contribution >= 0.6 is 0 Å². The summed E-state index contributed by atoms with van der Waals surface area (Å²) in [7, 11) is 0. The van der Waals surface area contributed by atoms with Gasteiger partial charge in [0.2, 0.25) is 11.8 Å². The lowest BCUT2D eigenvalue weighted by molar-refractivity contribution is -0.121. The number of nitrogens with one attached hydrogen (secondary N) is 2. The van der Waals surface area contributed by atoms with Crippen molar-refractivity contribution < 1.29 is 9.59 Å². The van der Waals surface area contributed by atoms with Crippen LogP contribution in [0, 0.1) is 0 Å². The first-order chi connectivity index (χ1) is 8.15. The number of nitrogen functional groups attached to an aromatic ring is 1. The van der Waals surface area contributed by atoms with Gasteiger partial charge in [0.05, 0.1) is 12.5 Å². The second-order valence-corrected chi connectivity index (χ2v) is 4.15. The molecule has 1 saturated heterocycles. The number of carbonyl (C=O) groups is 2. The van der Waals surface area contributed by atoms with E-state index in [1.807, 2.05) is 18.2 Å². The van der Waals surface area contributed by atoms with Crippen molar-refractivity contribution in [1.82, 2.24) is 10.6 Å². The zero-order valence-corrected chi connectivity index (χ0v) is 9.40. The average Bonchev–Trinajstić information content (AvgIpc) is 2.67.